The van der Waals surface area contributed by atoms with Crippen molar-refractivity contribution in [3.05, 3.63) is 58.1 Å². The number of aliphatic carboxylic acids is 1. The number of amides is 2. The number of carboxylic acid groups (broad SMARTS) is 1. The summed E-state index contributed by atoms with van der Waals surface area (Å²) < 4.78 is 11.2. The van der Waals surface area contributed by atoms with Gasteiger partial charge in [-0.15, -0.1) is 0 Å². The molecule has 2 aromatic rings. The monoisotopic (exact) mass is 536 g/mol. The van der Waals surface area contributed by atoms with Crippen LogP contribution in [0.1, 0.15) is 44.6 Å². The number of halogens is 2. The third kappa shape index (κ3) is 8.87. The molecule has 0 saturated heterocycles. The lowest BCUT2D eigenvalue weighted by molar-refractivity contribution is -0.149. The second-order valence-corrected chi connectivity index (χ2v) is 9.83. The molecule has 1 aliphatic rings. The maximum Gasteiger partial charge on any atom is 0.333 e. The first kappa shape index (κ1) is 28.1. The zero-order chi connectivity index (χ0) is 25.9. The first-order chi connectivity index (χ1) is 17.4. The summed E-state index contributed by atoms with van der Waals surface area (Å²) in [4.78, 5) is 26.2. The molecule has 36 heavy (non-hydrogen) atoms. The topological polar surface area (TPSA) is 88.1 Å². The molecular weight excluding hydrogens is 503 g/mol. The van der Waals surface area contributed by atoms with Gasteiger partial charge in [-0.1, -0.05) is 54.6 Å². The number of urea groups is 1. The molecule has 1 fully saturated rings. The number of hydrogen-bond acceptors (Lipinski definition) is 4. The summed E-state index contributed by atoms with van der Waals surface area (Å²) in [7, 11) is 0. The van der Waals surface area contributed by atoms with E-state index < -0.39 is 12.1 Å². The van der Waals surface area contributed by atoms with Gasteiger partial charge >= 0.3 is 12.0 Å². The highest BCUT2D eigenvalue weighted by Crippen LogP contribution is 2.27. The summed E-state index contributed by atoms with van der Waals surface area (Å²) in [6.07, 6.45) is 5.28. The van der Waals surface area contributed by atoms with E-state index in [1.807, 2.05) is 12.1 Å². The van der Waals surface area contributed by atoms with E-state index in [1.54, 1.807) is 42.2 Å². The van der Waals surface area contributed by atoms with Crippen molar-refractivity contribution in [2.45, 2.75) is 51.6 Å². The van der Waals surface area contributed by atoms with Crippen molar-refractivity contribution in [1.29, 1.82) is 0 Å². The largest absolute Gasteiger partial charge is 0.492 e. The summed E-state index contributed by atoms with van der Waals surface area (Å²) in [6.45, 7) is 3.51. The number of hydrogen-bond donors (Lipinski definition) is 2. The minimum atomic E-state index is -0.978. The molecule has 7 nitrogen and oxygen atoms in total. The van der Waals surface area contributed by atoms with E-state index in [-0.39, 0.29) is 12.5 Å². The average Bonchev–Trinajstić information content (AvgIpc) is 2.86. The number of anilines is 1. The molecule has 196 valence electrons. The van der Waals surface area contributed by atoms with Gasteiger partial charge in [0.25, 0.3) is 0 Å². The van der Waals surface area contributed by atoms with Gasteiger partial charge in [0.15, 0.2) is 6.10 Å². The Hall–Kier alpha value is -2.48. The molecule has 2 aromatic carbocycles. The highest BCUT2D eigenvalue weighted by molar-refractivity contribution is 6.36. The summed E-state index contributed by atoms with van der Waals surface area (Å²) in [6, 6.07) is 12.0. The molecular formula is C27H34Cl2N2O5. The lowest BCUT2D eigenvalue weighted by atomic mass is 9.89. The molecule has 0 radical (unpaired) electrons. The van der Waals surface area contributed by atoms with Crippen LogP contribution in [0.2, 0.25) is 10.0 Å². The number of nitrogens with zero attached hydrogens (tertiary/aromatic N) is 1. The van der Waals surface area contributed by atoms with Crippen molar-refractivity contribution in [1.82, 2.24) is 4.90 Å². The normalized spacial score (nSPS) is 14.8. The van der Waals surface area contributed by atoms with Gasteiger partial charge in [0.05, 0.1) is 17.3 Å². The van der Waals surface area contributed by atoms with Crippen LogP contribution in [-0.2, 0) is 16.0 Å². The lowest BCUT2D eigenvalue weighted by Crippen LogP contribution is -2.41. The predicted octanol–water partition coefficient (Wildman–Crippen LogP) is 6.52. The van der Waals surface area contributed by atoms with E-state index in [0.717, 1.165) is 18.4 Å². The molecule has 0 aliphatic heterocycles. The van der Waals surface area contributed by atoms with Crippen LogP contribution in [0.15, 0.2) is 42.5 Å². The molecule has 1 aliphatic carbocycles. The number of benzene rings is 2. The number of carbonyl (C=O) groups excluding carboxylic acids is 1. The summed E-state index contributed by atoms with van der Waals surface area (Å²) in [5, 5.41) is 13.1. The molecule has 1 saturated carbocycles. The fraction of sp³-hybridized carbons (Fsp3) is 0.481. The van der Waals surface area contributed by atoms with E-state index in [4.69, 9.17) is 32.7 Å². The standard InChI is InChI=1S/C27H34Cl2N2O5/c1-2-35-25(26(32)33)16-19-8-11-22(12-9-19)36-15-14-31(18-20-6-4-3-5-7-20)27(34)30-24-13-10-21(28)17-23(24)29/h8-13,17,20,25H,2-7,14-16,18H2,1H3,(H,30,34)(H,32,33). The Kier molecular flexibility index (Phi) is 11.2. The van der Waals surface area contributed by atoms with Crippen molar-refractivity contribution in [2.75, 3.05) is 31.6 Å². The Bertz CT molecular complexity index is 996. The van der Waals surface area contributed by atoms with Crippen LogP contribution in [0.4, 0.5) is 10.5 Å². The fourth-order valence-corrected chi connectivity index (χ4v) is 4.83. The van der Waals surface area contributed by atoms with E-state index >= 15 is 0 Å². The number of nitrogens with one attached hydrogen (secondary N) is 1. The van der Waals surface area contributed by atoms with Crippen LogP contribution in [0.5, 0.6) is 5.75 Å². The third-order valence-corrected chi connectivity index (χ3v) is 6.83. The van der Waals surface area contributed by atoms with Gasteiger partial charge in [-0.05, 0) is 61.6 Å². The zero-order valence-electron chi connectivity index (χ0n) is 20.6. The van der Waals surface area contributed by atoms with Gasteiger partial charge in [-0.25, -0.2) is 9.59 Å². The van der Waals surface area contributed by atoms with Crippen LogP contribution in [-0.4, -0.2) is 54.4 Å². The molecule has 0 bridgehead atoms. The van der Waals surface area contributed by atoms with Crippen molar-refractivity contribution < 1.29 is 24.2 Å². The molecule has 3 rings (SSSR count). The van der Waals surface area contributed by atoms with Crippen molar-refractivity contribution in [3.8, 4) is 5.75 Å². The van der Waals surface area contributed by atoms with Crippen LogP contribution in [0, 0.1) is 5.92 Å². The first-order valence-corrected chi connectivity index (χ1v) is 13.2. The smallest absolute Gasteiger partial charge is 0.333 e. The number of carboxylic acids is 1. The molecule has 2 amide bonds. The highest BCUT2D eigenvalue weighted by Gasteiger charge is 2.22. The molecule has 0 spiro atoms. The molecule has 0 heterocycles. The van der Waals surface area contributed by atoms with E-state index in [0.29, 0.717) is 53.7 Å². The van der Waals surface area contributed by atoms with Crippen LogP contribution < -0.4 is 10.1 Å². The maximum absolute atomic E-state index is 13.1. The van der Waals surface area contributed by atoms with Crippen molar-refractivity contribution in [2.24, 2.45) is 5.92 Å². The SMILES string of the molecule is CCOC(Cc1ccc(OCCN(CC2CCCCC2)C(=O)Nc2ccc(Cl)cc2Cl)cc1)C(=O)O. The maximum atomic E-state index is 13.1. The molecule has 9 heteroatoms. The van der Waals surface area contributed by atoms with Gasteiger partial charge in [0, 0.05) is 24.6 Å². The quantitative estimate of drug-likeness (QED) is 0.322. The molecule has 1 unspecified atom stereocenters. The lowest BCUT2D eigenvalue weighted by Gasteiger charge is -2.30. The number of ether oxygens (including phenoxy) is 2. The van der Waals surface area contributed by atoms with Crippen LogP contribution in [0.25, 0.3) is 0 Å². The second kappa shape index (κ2) is 14.3. The number of carbonyl (C=O) groups is 2. The van der Waals surface area contributed by atoms with E-state index in [9.17, 15) is 14.7 Å². The second-order valence-electron chi connectivity index (χ2n) is 8.98. The average molecular weight is 537 g/mol. The zero-order valence-corrected chi connectivity index (χ0v) is 22.1. The summed E-state index contributed by atoms with van der Waals surface area (Å²) in [5.41, 5.74) is 1.37. The molecule has 1 atom stereocenters. The Morgan fingerprint density at radius 3 is 2.47 bits per heavy atom. The van der Waals surface area contributed by atoms with Crippen molar-refractivity contribution >= 4 is 40.9 Å². The molecule has 2 N–H and O–H groups in total. The Morgan fingerprint density at radius 2 is 1.83 bits per heavy atom. The van der Waals surface area contributed by atoms with Crippen molar-refractivity contribution in [3.63, 3.8) is 0 Å². The number of rotatable bonds is 12. The fourth-order valence-electron chi connectivity index (χ4n) is 4.37. The summed E-state index contributed by atoms with van der Waals surface area (Å²) in [5.74, 6) is 0.145. The predicted molar refractivity (Wildman–Crippen MR) is 142 cm³/mol. The van der Waals surface area contributed by atoms with Crippen LogP contribution >= 0.6 is 23.2 Å². The Balaban J connectivity index is 1.58. The molecule has 0 aromatic heterocycles. The van der Waals surface area contributed by atoms with Gasteiger partial charge < -0.3 is 24.8 Å². The van der Waals surface area contributed by atoms with E-state index in [1.165, 1.54) is 19.3 Å². The van der Waals surface area contributed by atoms with E-state index in [2.05, 4.69) is 5.32 Å². The van der Waals surface area contributed by atoms with Gasteiger partial charge in [0.2, 0.25) is 0 Å². The first-order valence-electron chi connectivity index (χ1n) is 12.4. The Morgan fingerprint density at radius 1 is 1.11 bits per heavy atom. The minimum absolute atomic E-state index is 0.223. The van der Waals surface area contributed by atoms with Gasteiger partial charge in [0.1, 0.15) is 12.4 Å². The van der Waals surface area contributed by atoms with Crippen LogP contribution in [0.3, 0.4) is 0 Å². The summed E-state index contributed by atoms with van der Waals surface area (Å²) >= 11 is 12.2. The highest BCUT2D eigenvalue weighted by atomic mass is 35.5. The Labute approximate surface area is 222 Å². The minimum Gasteiger partial charge on any atom is -0.492 e. The third-order valence-electron chi connectivity index (χ3n) is 6.28. The van der Waals surface area contributed by atoms with Gasteiger partial charge in [-0.2, -0.15) is 0 Å². The van der Waals surface area contributed by atoms with Gasteiger partial charge in [-0.3, -0.25) is 0 Å².